The summed E-state index contributed by atoms with van der Waals surface area (Å²) in [7, 11) is 0. The van der Waals surface area contributed by atoms with Crippen LogP contribution in [-0.2, 0) is 0 Å². The van der Waals surface area contributed by atoms with Gasteiger partial charge >= 0.3 is 5.69 Å². The number of nitro groups is 1. The predicted molar refractivity (Wildman–Crippen MR) is 87.9 cm³/mol. The Morgan fingerprint density at radius 1 is 1.24 bits per heavy atom. The molecule has 0 saturated heterocycles. The number of aryl methyl sites for hydroxylation is 1. The fourth-order valence-corrected chi connectivity index (χ4v) is 2.17. The minimum Gasteiger partial charge on any atom is -0.360 e. The number of halogens is 2. The highest BCUT2D eigenvalue weighted by molar-refractivity contribution is 6.31. The van der Waals surface area contributed by atoms with Gasteiger partial charge in [0.05, 0.1) is 9.95 Å². The molecule has 0 unspecified atom stereocenters. The van der Waals surface area contributed by atoms with E-state index in [9.17, 15) is 14.5 Å². The van der Waals surface area contributed by atoms with Gasteiger partial charge in [-0.2, -0.15) is 0 Å². The molecule has 0 atom stereocenters. The van der Waals surface area contributed by atoms with Crippen molar-refractivity contribution in [1.82, 2.24) is 15.1 Å². The maximum absolute atomic E-state index is 13.2. The Balaban J connectivity index is 1.97. The van der Waals surface area contributed by atoms with Gasteiger partial charge in [0, 0.05) is 11.8 Å². The molecule has 2 heterocycles. The lowest BCUT2D eigenvalue weighted by atomic mass is 10.3. The van der Waals surface area contributed by atoms with E-state index in [2.05, 4.69) is 25.8 Å². The van der Waals surface area contributed by atoms with E-state index in [1.165, 1.54) is 12.1 Å². The van der Waals surface area contributed by atoms with Crippen molar-refractivity contribution in [1.29, 1.82) is 0 Å². The van der Waals surface area contributed by atoms with Crippen LogP contribution in [0.3, 0.4) is 0 Å². The van der Waals surface area contributed by atoms with Gasteiger partial charge in [-0.15, -0.1) is 0 Å². The van der Waals surface area contributed by atoms with Crippen LogP contribution in [0.2, 0.25) is 5.02 Å². The second kappa shape index (κ2) is 6.69. The maximum Gasteiger partial charge on any atom is 0.353 e. The molecule has 1 aromatic carbocycles. The van der Waals surface area contributed by atoms with Crippen LogP contribution in [0.25, 0.3) is 0 Å². The smallest absolute Gasteiger partial charge is 0.353 e. The van der Waals surface area contributed by atoms with Crippen molar-refractivity contribution in [2.75, 3.05) is 10.6 Å². The number of anilines is 4. The molecule has 0 aliphatic carbocycles. The molecule has 0 amide bonds. The third-order valence-corrected chi connectivity index (χ3v) is 3.35. The number of nitrogens with one attached hydrogen (secondary N) is 2. The van der Waals surface area contributed by atoms with Gasteiger partial charge in [-0.05, 0) is 25.1 Å². The summed E-state index contributed by atoms with van der Waals surface area (Å²) in [5.41, 5.74) is -0.0833. The number of rotatable bonds is 5. The van der Waals surface area contributed by atoms with Gasteiger partial charge in [0.15, 0.2) is 5.82 Å². The molecule has 0 saturated carbocycles. The van der Waals surface area contributed by atoms with Crippen molar-refractivity contribution in [2.45, 2.75) is 6.92 Å². The van der Waals surface area contributed by atoms with Gasteiger partial charge in [-0.25, -0.2) is 14.4 Å². The summed E-state index contributed by atoms with van der Waals surface area (Å²) in [6, 6.07) is 5.35. The summed E-state index contributed by atoms with van der Waals surface area (Å²) in [4.78, 5) is 18.6. The Morgan fingerprint density at radius 2 is 1.96 bits per heavy atom. The average Bonchev–Trinajstić information content (AvgIpc) is 2.96. The molecular formula is C14H10ClFN6O3. The fourth-order valence-electron chi connectivity index (χ4n) is 1.99. The van der Waals surface area contributed by atoms with Gasteiger partial charge in [0.2, 0.25) is 11.6 Å². The molecule has 0 radical (unpaired) electrons. The standard InChI is InChI=1S/C14H10ClFN6O3/c1-7-4-11(21-25-7)20-14-12(22(23)24)13(17-6-18-14)19-8-2-3-10(16)9(15)5-8/h2-6H,1H3,(H2,17,18,19,20,21). The Labute approximate surface area is 145 Å². The molecule has 3 rings (SSSR count). The summed E-state index contributed by atoms with van der Waals surface area (Å²) in [5, 5.41) is 20.5. The summed E-state index contributed by atoms with van der Waals surface area (Å²) in [6.07, 6.45) is 1.13. The molecule has 25 heavy (non-hydrogen) atoms. The van der Waals surface area contributed by atoms with Crippen LogP contribution in [0.15, 0.2) is 35.1 Å². The lowest BCUT2D eigenvalue weighted by Gasteiger charge is -2.09. The van der Waals surface area contributed by atoms with Crippen molar-refractivity contribution in [2.24, 2.45) is 0 Å². The number of benzene rings is 1. The topological polar surface area (TPSA) is 119 Å². The van der Waals surface area contributed by atoms with Crippen molar-refractivity contribution in [3.05, 3.63) is 57.3 Å². The van der Waals surface area contributed by atoms with Crippen LogP contribution in [0.1, 0.15) is 5.76 Å². The SMILES string of the molecule is Cc1cc(Nc2ncnc(Nc3ccc(F)c(Cl)c3)c2[N+](=O)[O-])no1. The van der Waals surface area contributed by atoms with Gasteiger partial charge in [0.1, 0.15) is 17.9 Å². The van der Waals surface area contributed by atoms with E-state index in [0.717, 1.165) is 12.4 Å². The molecule has 0 aliphatic heterocycles. The van der Waals surface area contributed by atoms with Crippen molar-refractivity contribution < 1.29 is 13.8 Å². The van der Waals surface area contributed by atoms with E-state index in [-0.39, 0.29) is 22.5 Å². The Bertz CT molecular complexity index is 948. The molecular weight excluding hydrogens is 355 g/mol. The number of aromatic nitrogens is 3. The van der Waals surface area contributed by atoms with E-state index in [4.69, 9.17) is 16.1 Å². The highest BCUT2D eigenvalue weighted by Crippen LogP contribution is 2.33. The summed E-state index contributed by atoms with van der Waals surface area (Å²) in [5.74, 6) is 0.0103. The third-order valence-electron chi connectivity index (χ3n) is 3.06. The highest BCUT2D eigenvalue weighted by Gasteiger charge is 2.24. The van der Waals surface area contributed by atoms with E-state index < -0.39 is 16.4 Å². The van der Waals surface area contributed by atoms with E-state index in [0.29, 0.717) is 11.4 Å². The molecule has 128 valence electrons. The minimum atomic E-state index is -0.650. The van der Waals surface area contributed by atoms with Crippen molar-refractivity contribution in [3.8, 4) is 0 Å². The normalized spacial score (nSPS) is 10.5. The first-order chi connectivity index (χ1) is 11.9. The van der Waals surface area contributed by atoms with Crippen molar-refractivity contribution >= 4 is 40.4 Å². The van der Waals surface area contributed by atoms with E-state index in [1.54, 1.807) is 13.0 Å². The zero-order valence-electron chi connectivity index (χ0n) is 12.7. The van der Waals surface area contributed by atoms with Crippen LogP contribution in [-0.4, -0.2) is 20.0 Å². The largest absolute Gasteiger partial charge is 0.360 e. The lowest BCUT2D eigenvalue weighted by molar-refractivity contribution is -0.383. The molecule has 0 fully saturated rings. The van der Waals surface area contributed by atoms with Gasteiger partial charge in [-0.3, -0.25) is 10.1 Å². The van der Waals surface area contributed by atoms with Crippen LogP contribution in [0, 0.1) is 22.9 Å². The first-order valence-corrected chi connectivity index (χ1v) is 7.23. The summed E-state index contributed by atoms with van der Waals surface area (Å²) < 4.78 is 18.1. The predicted octanol–water partition coefficient (Wildman–Crippen LogP) is 3.96. The second-order valence-electron chi connectivity index (χ2n) is 4.88. The van der Waals surface area contributed by atoms with E-state index >= 15 is 0 Å². The maximum atomic E-state index is 13.2. The van der Waals surface area contributed by atoms with Crippen molar-refractivity contribution in [3.63, 3.8) is 0 Å². The molecule has 3 aromatic rings. The lowest BCUT2D eigenvalue weighted by Crippen LogP contribution is -2.05. The van der Waals surface area contributed by atoms with Gasteiger partial charge < -0.3 is 15.2 Å². The van der Waals surface area contributed by atoms with Gasteiger partial charge in [0.25, 0.3) is 0 Å². The number of nitrogens with zero attached hydrogens (tertiary/aromatic N) is 4. The van der Waals surface area contributed by atoms with Crippen LogP contribution in [0.4, 0.5) is 33.2 Å². The Morgan fingerprint density at radius 3 is 2.56 bits per heavy atom. The zero-order chi connectivity index (χ0) is 18.0. The molecule has 11 heteroatoms. The Hall–Kier alpha value is -3.27. The second-order valence-corrected chi connectivity index (χ2v) is 5.29. The van der Waals surface area contributed by atoms with Crippen LogP contribution >= 0.6 is 11.6 Å². The fraction of sp³-hybridized carbons (Fsp3) is 0.0714. The highest BCUT2D eigenvalue weighted by atomic mass is 35.5. The van der Waals surface area contributed by atoms with Crippen LogP contribution in [0.5, 0.6) is 0 Å². The van der Waals surface area contributed by atoms with Crippen LogP contribution < -0.4 is 10.6 Å². The first kappa shape index (κ1) is 16.6. The van der Waals surface area contributed by atoms with E-state index in [1.807, 2.05) is 0 Å². The minimum absolute atomic E-state index is 0.0796. The van der Waals surface area contributed by atoms with Gasteiger partial charge in [-0.1, -0.05) is 16.8 Å². The molecule has 0 spiro atoms. The number of hydrogen-bond donors (Lipinski definition) is 2. The average molecular weight is 365 g/mol. The molecule has 9 nitrogen and oxygen atoms in total. The summed E-state index contributed by atoms with van der Waals surface area (Å²) in [6.45, 7) is 1.68. The molecule has 0 bridgehead atoms. The zero-order valence-corrected chi connectivity index (χ0v) is 13.4. The molecule has 2 aromatic heterocycles. The third kappa shape index (κ3) is 3.63. The first-order valence-electron chi connectivity index (χ1n) is 6.86. The quantitative estimate of drug-likeness (QED) is 0.515. The summed E-state index contributed by atoms with van der Waals surface area (Å²) >= 11 is 5.71. The Kier molecular flexibility index (Phi) is 4.44. The molecule has 0 aliphatic rings. The number of hydrogen-bond acceptors (Lipinski definition) is 8. The molecule has 2 N–H and O–H groups in total. The monoisotopic (exact) mass is 364 g/mol.